The first-order valence-corrected chi connectivity index (χ1v) is 6.31. The number of nitrogens with one attached hydrogen (secondary N) is 1. The molecule has 3 atom stereocenters. The third-order valence-electron chi connectivity index (χ3n) is 3.25. The highest BCUT2D eigenvalue weighted by Gasteiger charge is 2.35. The molecule has 1 aliphatic heterocycles. The number of ether oxygens (including phenoxy) is 1. The Kier molecular flexibility index (Phi) is 4.16. The lowest BCUT2D eigenvalue weighted by atomic mass is 10.1. The molecule has 1 amide bonds. The molecule has 2 rings (SSSR count). The maximum Gasteiger partial charge on any atom is 0.332 e. The highest BCUT2D eigenvalue weighted by Crippen LogP contribution is 2.21. The normalized spacial score (nSPS) is 23.8. The molecule has 0 spiro atoms. The molecule has 0 aromatic heterocycles. The second kappa shape index (κ2) is 5.84. The lowest BCUT2D eigenvalue weighted by Gasteiger charge is -2.17. The number of carboxylic acids is 1. The monoisotopic (exact) mass is 263 g/mol. The van der Waals surface area contributed by atoms with Crippen molar-refractivity contribution in [3.05, 3.63) is 35.9 Å². The Bertz CT molecular complexity index is 460. The number of hydrogen-bond donors (Lipinski definition) is 2. The molecule has 0 saturated carbocycles. The third kappa shape index (κ3) is 3.32. The summed E-state index contributed by atoms with van der Waals surface area (Å²) in [6.07, 6.45) is -0.688. The summed E-state index contributed by atoms with van der Waals surface area (Å²) in [4.78, 5) is 22.7. The molecule has 19 heavy (non-hydrogen) atoms. The van der Waals surface area contributed by atoms with E-state index in [1.165, 1.54) is 0 Å². The van der Waals surface area contributed by atoms with Crippen LogP contribution in [0.3, 0.4) is 0 Å². The summed E-state index contributed by atoms with van der Waals surface area (Å²) in [5.74, 6) is -1.26. The van der Waals surface area contributed by atoms with Crippen LogP contribution >= 0.6 is 0 Å². The SMILES string of the molecule is C[C@H](NC(=O)C1CCC(C(=O)O)O1)c1ccccc1. The summed E-state index contributed by atoms with van der Waals surface area (Å²) in [5, 5.41) is 11.7. The van der Waals surface area contributed by atoms with Gasteiger partial charge in [-0.1, -0.05) is 30.3 Å². The number of carboxylic acid groups (broad SMARTS) is 1. The van der Waals surface area contributed by atoms with E-state index in [-0.39, 0.29) is 11.9 Å². The minimum atomic E-state index is -1.01. The van der Waals surface area contributed by atoms with Crippen LogP contribution in [0.1, 0.15) is 31.4 Å². The molecule has 1 heterocycles. The van der Waals surface area contributed by atoms with Gasteiger partial charge < -0.3 is 15.2 Å². The van der Waals surface area contributed by atoms with Crippen molar-refractivity contribution in [2.45, 2.75) is 38.0 Å². The molecule has 0 radical (unpaired) electrons. The summed E-state index contributed by atoms with van der Waals surface area (Å²) in [6.45, 7) is 1.89. The van der Waals surface area contributed by atoms with Crippen molar-refractivity contribution in [2.75, 3.05) is 0 Å². The number of amides is 1. The molecule has 1 aromatic rings. The quantitative estimate of drug-likeness (QED) is 0.863. The summed E-state index contributed by atoms with van der Waals surface area (Å²) < 4.78 is 5.21. The lowest BCUT2D eigenvalue weighted by molar-refractivity contribution is -0.151. The zero-order valence-electron chi connectivity index (χ0n) is 10.7. The zero-order chi connectivity index (χ0) is 13.8. The Morgan fingerprint density at radius 1 is 1.26 bits per heavy atom. The summed E-state index contributed by atoms with van der Waals surface area (Å²) >= 11 is 0. The number of carbonyl (C=O) groups excluding carboxylic acids is 1. The average Bonchev–Trinajstić information content (AvgIpc) is 2.89. The Hall–Kier alpha value is -1.88. The van der Waals surface area contributed by atoms with Crippen molar-refractivity contribution in [1.82, 2.24) is 5.32 Å². The summed E-state index contributed by atoms with van der Waals surface area (Å²) in [6, 6.07) is 9.47. The van der Waals surface area contributed by atoms with E-state index in [0.29, 0.717) is 12.8 Å². The first-order chi connectivity index (χ1) is 9.08. The van der Waals surface area contributed by atoms with Gasteiger partial charge in [-0.3, -0.25) is 4.79 Å². The van der Waals surface area contributed by atoms with Crippen molar-refractivity contribution in [3.63, 3.8) is 0 Å². The number of benzene rings is 1. The van der Waals surface area contributed by atoms with Crippen molar-refractivity contribution in [2.24, 2.45) is 0 Å². The first-order valence-electron chi connectivity index (χ1n) is 6.31. The van der Waals surface area contributed by atoms with E-state index in [4.69, 9.17) is 9.84 Å². The zero-order valence-corrected chi connectivity index (χ0v) is 10.7. The molecule has 1 saturated heterocycles. The van der Waals surface area contributed by atoms with Gasteiger partial charge in [0.25, 0.3) is 0 Å². The standard InChI is InChI=1S/C14H17NO4/c1-9(10-5-3-2-4-6-10)15-13(16)11-7-8-12(19-11)14(17)18/h2-6,9,11-12H,7-8H2,1H3,(H,15,16)(H,17,18)/t9-,11?,12?/m0/s1. The van der Waals surface area contributed by atoms with Gasteiger partial charge >= 0.3 is 5.97 Å². The predicted molar refractivity (Wildman–Crippen MR) is 68.5 cm³/mol. The van der Waals surface area contributed by atoms with E-state index in [9.17, 15) is 9.59 Å². The highest BCUT2D eigenvalue weighted by molar-refractivity contribution is 5.82. The van der Waals surface area contributed by atoms with Crippen LogP contribution < -0.4 is 5.32 Å². The first kappa shape index (κ1) is 13.5. The minimum absolute atomic E-state index is 0.124. The second-order valence-electron chi connectivity index (χ2n) is 4.67. The lowest BCUT2D eigenvalue weighted by Crippen LogP contribution is -2.37. The van der Waals surface area contributed by atoms with Crippen LogP contribution in [0.4, 0.5) is 0 Å². The van der Waals surface area contributed by atoms with E-state index in [1.54, 1.807) is 0 Å². The van der Waals surface area contributed by atoms with Gasteiger partial charge in [0.05, 0.1) is 6.04 Å². The van der Waals surface area contributed by atoms with E-state index >= 15 is 0 Å². The second-order valence-corrected chi connectivity index (χ2v) is 4.67. The van der Waals surface area contributed by atoms with Gasteiger partial charge in [0.15, 0.2) is 6.10 Å². The summed E-state index contributed by atoms with van der Waals surface area (Å²) in [5.41, 5.74) is 1.00. The van der Waals surface area contributed by atoms with Gasteiger partial charge in [-0.15, -0.1) is 0 Å². The van der Waals surface area contributed by atoms with Crippen LogP contribution in [-0.4, -0.2) is 29.2 Å². The maximum atomic E-state index is 12.0. The van der Waals surface area contributed by atoms with Crippen molar-refractivity contribution in [3.8, 4) is 0 Å². The van der Waals surface area contributed by atoms with Gasteiger partial charge in [-0.25, -0.2) is 4.79 Å². The molecule has 102 valence electrons. The predicted octanol–water partition coefficient (Wildman–Crippen LogP) is 1.50. The fourth-order valence-corrected chi connectivity index (χ4v) is 2.14. The fraction of sp³-hybridized carbons (Fsp3) is 0.429. The van der Waals surface area contributed by atoms with Crippen LogP contribution in [0.5, 0.6) is 0 Å². The smallest absolute Gasteiger partial charge is 0.332 e. The Labute approximate surface area is 111 Å². The molecular weight excluding hydrogens is 246 g/mol. The molecule has 2 N–H and O–H groups in total. The topological polar surface area (TPSA) is 75.6 Å². The number of aliphatic carboxylic acids is 1. The van der Waals surface area contributed by atoms with Crippen molar-refractivity contribution >= 4 is 11.9 Å². The number of carbonyl (C=O) groups is 2. The van der Waals surface area contributed by atoms with E-state index in [2.05, 4.69) is 5.32 Å². The van der Waals surface area contributed by atoms with E-state index < -0.39 is 18.2 Å². The van der Waals surface area contributed by atoms with E-state index in [1.807, 2.05) is 37.3 Å². The van der Waals surface area contributed by atoms with Gasteiger partial charge in [0.1, 0.15) is 6.10 Å². The Balaban J connectivity index is 1.90. The summed E-state index contributed by atoms with van der Waals surface area (Å²) in [7, 11) is 0. The molecule has 0 aliphatic carbocycles. The largest absolute Gasteiger partial charge is 0.479 e. The van der Waals surface area contributed by atoms with Gasteiger partial charge in [0.2, 0.25) is 5.91 Å². The molecule has 2 unspecified atom stereocenters. The number of hydrogen-bond acceptors (Lipinski definition) is 3. The highest BCUT2D eigenvalue weighted by atomic mass is 16.5. The fourth-order valence-electron chi connectivity index (χ4n) is 2.14. The Morgan fingerprint density at radius 3 is 2.47 bits per heavy atom. The maximum absolute atomic E-state index is 12.0. The third-order valence-corrected chi connectivity index (χ3v) is 3.25. The van der Waals surface area contributed by atoms with Gasteiger partial charge in [-0.05, 0) is 25.3 Å². The van der Waals surface area contributed by atoms with Gasteiger partial charge in [0, 0.05) is 0 Å². The molecule has 5 heteroatoms. The van der Waals surface area contributed by atoms with Crippen molar-refractivity contribution < 1.29 is 19.4 Å². The molecule has 1 aliphatic rings. The van der Waals surface area contributed by atoms with Crippen LogP contribution in [0, 0.1) is 0 Å². The minimum Gasteiger partial charge on any atom is -0.479 e. The molecule has 1 aromatic carbocycles. The van der Waals surface area contributed by atoms with Gasteiger partial charge in [-0.2, -0.15) is 0 Å². The van der Waals surface area contributed by atoms with Crippen molar-refractivity contribution in [1.29, 1.82) is 0 Å². The van der Waals surface area contributed by atoms with Crippen LogP contribution in [-0.2, 0) is 14.3 Å². The average molecular weight is 263 g/mol. The molecular formula is C14H17NO4. The van der Waals surface area contributed by atoms with E-state index in [0.717, 1.165) is 5.56 Å². The molecule has 5 nitrogen and oxygen atoms in total. The Morgan fingerprint density at radius 2 is 1.89 bits per heavy atom. The molecule has 1 fully saturated rings. The van der Waals surface area contributed by atoms with Crippen LogP contribution in [0.25, 0.3) is 0 Å². The molecule has 0 bridgehead atoms. The van der Waals surface area contributed by atoms with Crippen LogP contribution in [0.2, 0.25) is 0 Å². The number of rotatable bonds is 4. The van der Waals surface area contributed by atoms with Crippen LogP contribution in [0.15, 0.2) is 30.3 Å².